The predicted molar refractivity (Wildman–Crippen MR) is 127 cm³/mol. The molecule has 1 heterocycles. The van der Waals surface area contributed by atoms with E-state index in [9.17, 15) is 19.5 Å². The van der Waals surface area contributed by atoms with Gasteiger partial charge in [0.25, 0.3) is 5.91 Å². The largest absolute Gasteiger partial charge is 0.481 e. The number of fused-ring (bicyclic) bond motifs is 3. The van der Waals surface area contributed by atoms with Crippen molar-refractivity contribution in [2.24, 2.45) is 5.41 Å². The molecule has 2 aromatic rings. The fourth-order valence-electron chi connectivity index (χ4n) is 4.82. The van der Waals surface area contributed by atoms with Gasteiger partial charge >= 0.3 is 12.1 Å². The Morgan fingerprint density at radius 1 is 1.06 bits per heavy atom. The van der Waals surface area contributed by atoms with Crippen molar-refractivity contribution in [2.45, 2.75) is 32.1 Å². The van der Waals surface area contributed by atoms with Crippen LogP contribution in [0.25, 0.3) is 11.1 Å². The third-order valence-corrected chi connectivity index (χ3v) is 7.00. The molecular weight excluding hydrogens is 432 g/mol. The molecular formula is C27H28N2O5. The molecule has 0 atom stereocenters. The van der Waals surface area contributed by atoms with Crippen LogP contribution in [0, 0.1) is 17.3 Å². The van der Waals surface area contributed by atoms with E-state index in [0.717, 1.165) is 22.3 Å². The number of benzene rings is 2. The molecule has 1 aliphatic carbocycles. The van der Waals surface area contributed by atoms with Crippen molar-refractivity contribution in [3.05, 3.63) is 59.7 Å². The molecule has 0 saturated carbocycles. The van der Waals surface area contributed by atoms with Crippen molar-refractivity contribution in [2.75, 3.05) is 26.2 Å². The molecule has 0 radical (unpaired) electrons. The van der Waals surface area contributed by atoms with Gasteiger partial charge in [-0.25, -0.2) is 4.79 Å². The number of nitrogens with zero attached hydrogens (tertiary/aromatic N) is 1. The van der Waals surface area contributed by atoms with Gasteiger partial charge in [0.15, 0.2) is 0 Å². The van der Waals surface area contributed by atoms with Gasteiger partial charge in [-0.2, -0.15) is 0 Å². The molecule has 2 N–H and O–H groups in total. The number of rotatable bonds is 5. The number of carboxylic acids is 1. The summed E-state index contributed by atoms with van der Waals surface area (Å²) in [5.41, 5.74) is 3.84. The van der Waals surface area contributed by atoms with Crippen LogP contribution in [0.2, 0.25) is 0 Å². The molecule has 1 aliphatic heterocycles. The number of carbonyl (C=O) groups excluding carboxylic acids is 2. The summed E-state index contributed by atoms with van der Waals surface area (Å²) in [6, 6.07) is 16.2. The SMILES string of the molecule is CCC1(C(=O)O)CCN(C(=O)C#CCNC(=O)OCC2c3ccccc3-c3ccccc32)CC1. The van der Waals surface area contributed by atoms with Gasteiger partial charge in [0, 0.05) is 19.0 Å². The Morgan fingerprint density at radius 3 is 2.21 bits per heavy atom. The lowest BCUT2D eigenvalue weighted by Gasteiger charge is -2.37. The van der Waals surface area contributed by atoms with Gasteiger partial charge in [-0.1, -0.05) is 61.4 Å². The Kier molecular flexibility index (Phi) is 6.87. The highest BCUT2D eigenvalue weighted by atomic mass is 16.5. The summed E-state index contributed by atoms with van der Waals surface area (Å²) in [6.45, 7) is 2.80. The summed E-state index contributed by atoms with van der Waals surface area (Å²) in [5, 5.41) is 12.0. The molecule has 2 aromatic carbocycles. The smallest absolute Gasteiger partial charge is 0.407 e. The van der Waals surface area contributed by atoms with Gasteiger partial charge in [0.05, 0.1) is 12.0 Å². The maximum Gasteiger partial charge on any atom is 0.407 e. The third-order valence-electron chi connectivity index (χ3n) is 7.00. The Bertz CT molecular complexity index is 1110. The first-order valence-corrected chi connectivity index (χ1v) is 11.6. The van der Waals surface area contributed by atoms with Gasteiger partial charge in [0.1, 0.15) is 6.61 Å². The van der Waals surface area contributed by atoms with Crippen LogP contribution in [0.3, 0.4) is 0 Å². The molecule has 176 valence electrons. The highest BCUT2D eigenvalue weighted by Crippen LogP contribution is 2.44. The zero-order valence-electron chi connectivity index (χ0n) is 19.2. The molecule has 0 aromatic heterocycles. The standard InChI is InChI=1S/C27H28N2O5/c1-2-27(25(31)32)13-16-29(17-14-27)24(30)12-7-15-28-26(33)34-18-23-21-10-5-3-8-19(21)20-9-4-6-11-22(20)23/h3-6,8-11,23H,2,13-18H2,1H3,(H,28,33)(H,31,32). The Balaban J connectivity index is 1.25. The summed E-state index contributed by atoms with van der Waals surface area (Å²) in [6.07, 6.45) is 0.796. The van der Waals surface area contributed by atoms with E-state index in [4.69, 9.17) is 4.74 Å². The lowest BCUT2D eigenvalue weighted by molar-refractivity contribution is -0.153. The molecule has 1 fully saturated rings. The number of likely N-dealkylation sites (tertiary alicyclic amines) is 1. The number of carboxylic acid groups (broad SMARTS) is 1. The highest BCUT2D eigenvalue weighted by molar-refractivity contribution is 5.93. The number of hydrogen-bond donors (Lipinski definition) is 2. The fraction of sp³-hybridized carbons (Fsp3) is 0.370. The summed E-state index contributed by atoms with van der Waals surface area (Å²) in [4.78, 5) is 37.6. The van der Waals surface area contributed by atoms with Gasteiger partial charge in [0.2, 0.25) is 0 Å². The molecule has 7 nitrogen and oxygen atoms in total. The van der Waals surface area contributed by atoms with Crippen molar-refractivity contribution in [3.8, 4) is 23.0 Å². The van der Waals surface area contributed by atoms with Gasteiger partial charge < -0.3 is 20.1 Å². The number of piperidine rings is 1. The molecule has 1 saturated heterocycles. The number of ether oxygens (including phenoxy) is 1. The number of carbonyl (C=O) groups is 3. The molecule has 2 aliphatic rings. The minimum Gasteiger partial charge on any atom is -0.481 e. The normalized spacial score (nSPS) is 16.0. The van der Waals surface area contributed by atoms with Crippen molar-refractivity contribution in [3.63, 3.8) is 0 Å². The molecule has 34 heavy (non-hydrogen) atoms. The highest BCUT2D eigenvalue weighted by Gasteiger charge is 2.40. The van der Waals surface area contributed by atoms with E-state index >= 15 is 0 Å². The fourth-order valence-corrected chi connectivity index (χ4v) is 4.82. The number of nitrogens with one attached hydrogen (secondary N) is 1. The second-order valence-electron chi connectivity index (χ2n) is 8.71. The lowest BCUT2D eigenvalue weighted by Crippen LogP contribution is -2.46. The minimum atomic E-state index is -0.805. The lowest BCUT2D eigenvalue weighted by atomic mass is 9.76. The average Bonchev–Trinajstić information content (AvgIpc) is 3.19. The third kappa shape index (κ3) is 4.62. The topological polar surface area (TPSA) is 95.9 Å². The van der Waals surface area contributed by atoms with Crippen LogP contribution in [-0.4, -0.2) is 54.2 Å². The summed E-state index contributed by atoms with van der Waals surface area (Å²) >= 11 is 0. The minimum absolute atomic E-state index is 0.00965. The van der Waals surface area contributed by atoms with Crippen LogP contribution in [0.15, 0.2) is 48.5 Å². The zero-order chi connectivity index (χ0) is 24.1. The van der Waals surface area contributed by atoms with E-state index in [1.807, 2.05) is 31.2 Å². The first-order chi connectivity index (χ1) is 16.4. The van der Waals surface area contributed by atoms with Crippen LogP contribution in [0.5, 0.6) is 0 Å². The van der Waals surface area contributed by atoms with Crippen LogP contribution in [0.4, 0.5) is 4.79 Å². The molecule has 4 rings (SSSR count). The van der Waals surface area contributed by atoms with Crippen LogP contribution in [0.1, 0.15) is 43.2 Å². The van der Waals surface area contributed by atoms with Crippen LogP contribution < -0.4 is 5.32 Å². The quantitative estimate of drug-likeness (QED) is 0.665. The summed E-state index contributed by atoms with van der Waals surface area (Å²) in [7, 11) is 0. The second kappa shape index (κ2) is 10.0. The maximum absolute atomic E-state index is 12.3. The van der Waals surface area contributed by atoms with E-state index in [-0.39, 0.29) is 25.0 Å². The molecule has 0 unspecified atom stereocenters. The summed E-state index contributed by atoms with van der Waals surface area (Å²) < 4.78 is 5.45. The molecule has 0 spiro atoms. The Labute approximate surface area is 199 Å². The maximum atomic E-state index is 12.3. The first-order valence-electron chi connectivity index (χ1n) is 11.6. The van der Waals surface area contributed by atoms with E-state index in [0.29, 0.717) is 32.4 Å². The monoisotopic (exact) mass is 460 g/mol. The number of alkyl carbamates (subject to hydrolysis) is 1. The second-order valence-corrected chi connectivity index (χ2v) is 8.71. The van der Waals surface area contributed by atoms with Gasteiger partial charge in [-0.05, 0) is 47.4 Å². The van der Waals surface area contributed by atoms with Crippen molar-refractivity contribution < 1.29 is 24.2 Å². The molecule has 2 amide bonds. The predicted octanol–water partition coefficient (Wildman–Crippen LogP) is 3.63. The van der Waals surface area contributed by atoms with E-state index < -0.39 is 17.5 Å². The number of amides is 2. The Hall–Kier alpha value is -3.79. The number of hydrogen-bond acceptors (Lipinski definition) is 4. The van der Waals surface area contributed by atoms with E-state index in [2.05, 4.69) is 41.4 Å². The van der Waals surface area contributed by atoms with E-state index in [1.165, 1.54) is 0 Å². The van der Waals surface area contributed by atoms with Crippen LogP contribution in [-0.2, 0) is 14.3 Å². The van der Waals surface area contributed by atoms with Crippen molar-refractivity contribution in [1.82, 2.24) is 10.2 Å². The molecule has 7 heteroatoms. The van der Waals surface area contributed by atoms with Crippen molar-refractivity contribution >= 4 is 18.0 Å². The van der Waals surface area contributed by atoms with Gasteiger partial charge in [-0.3, -0.25) is 9.59 Å². The van der Waals surface area contributed by atoms with E-state index in [1.54, 1.807) is 4.90 Å². The first kappa shape index (κ1) is 23.4. The van der Waals surface area contributed by atoms with Crippen LogP contribution >= 0.6 is 0 Å². The molecule has 0 bridgehead atoms. The zero-order valence-corrected chi connectivity index (χ0v) is 19.2. The van der Waals surface area contributed by atoms with Crippen molar-refractivity contribution in [1.29, 1.82) is 0 Å². The van der Waals surface area contributed by atoms with Gasteiger partial charge in [-0.15, -0.1) is 0 Å². The number of aliphatic carboxylic acids is 1. The summed E-state index contributed by atoms with van der Waals surface area (Å²) in [5.74, 6) is 4.00. The average molecular weight is 461 g/mol. The Morgan fingerprint density at radius 2 is 1.65 bits per heavy atom.